The molecule has 8 heteroatoms. The van der Waals surface area contributed by atoms with E-state index in [1.807, 2.05) is 12.3 Å². The van der Waals surface area contributed by atoms with E-state index in [2.05, 4.69) is 32.1 Å². The minimum Gasteiger partial charge on any atom is -0.390 e. The molecule has 0 bridgehead atoms. The molecular formula is C17H26N6O2. The Hall–Kier alpha value is -1.77. The number of rotatable bonds is 8. The van der Waals surface area contributed by atoms with Gasteiger partial charge in [0.1, 0.15) is 0 Å². The average molecular weight is 346 g/mol. The number of aliphatic hydroxyl groups is 1. The van der Waals surface area contributed by atoms with E-state index < -0.39 is 6.10 Å². The summed E-state index contributed by atoms with van der Waals surface area (Å²) in [5, 5.41) is 18.5. The molecule has 1 N–H and O–H groups in total. The third kappa shape index (κ3) is 4.26. The predicted octanol–water partition coefficient (Wildman–Crippen LogP) is 0.711. The maximum Gasteiger partial charge on any atom is 0.229 e. The van der Waals surface area contributed by atoms with E-state index in [4.69, 9.17) is 4.52 Å². The van der Waals surface area contributed by atoms with Crippen LogP contribution in [0.1, 0.15) is 36.9 Å². The summed E-state index contributed by atoms with van der Waals surface area (Å²) in [7, 11) is 2.11. The fourth-order valence-electron chi connectivity index (χ4n) is 3.50. The molecule has 136 valence electrons. The van der Waals surface area contributed by atoms with Gasteiger partial charge < -0.3 is 9.63 Å². The minimum atomic E-state index is -0.401. The lowest BCUT2D eigenvalue weighted by Crippen LogP contribution is -2.37. The zero-order chi connectivity index (χ0) is 17.2. The molecule has 2 aliphatic rings. The number of hydrogen-bond donors (Lipinski definition) is 1. The van der Waals surface area contributed by atoms with Gasteiger partial charge >= 0.3 is 0 Å². The molecule has 0 amide bonds. The number of hydrogen-bond acceptors (Lipinski definition) is 7. The van der Waals surface area contributed by atoms with Crippen LogP contribution in [0.15, 0.2) is 23.0 Å². The summed E-state index contributed by atoms with van der Waals surface area (Å²) >= 11 is 0. The van der Waals surface area contributed by atoms with Gasteiger partial charge in [0.25, 0.3) is 0 Å². The normalized spacial score (nSPS) is 22.8. The van der Waals surface area contributed by atoms with Crippen LogP contribution < -0.4 is 0 Å². The van der Waals surface area contributed by atoms with E-state index >= 15 is 0 Å². The van der Waals surface area contributed by atoms with E-state index in [9.17, 15) is 5.11 Å². The van der Waals surface area contributed by atoms with E-state index in [0.717, 1.165) is 31.2 Å². The van der Waals surface area contributed by atoms with Gasteiger partial charge in [-0.3, -0.25) is 14.5 Å². The Balaban J connectivity index is 1.23. The van der Waals surface area contributed by atoms with Crippen molar-refractivity contribution in [2.45, 2.75) is 50.4 Å². The molecule has 0 spiro atoms. The van der Waals surface area contributed by atoms with Crippen molar-refractivity contribution in [3.63, 3.8) is 0 Å². The van der Waals surface area contributed by atoms with Crippen LogP contribution in [0.2, 0.25) is 0 Å². The lowest BCUT2D eigenvalue weighted by atomic mass is 10.2. The third-order valence-electron chi connectivity index (χ3n) is 5.10. The van der Waals surface area contributed by atoms with Gasteiger partial charge in [-0.1, -0.05) is 5.16 Å². The number of β-amino-alcohol motifs (C(OH)–C–C–N with tert-alkyl or cyclic N) is 1. The van der Waals surface area contributed by atoms with Gasteiger partial charge in [0.2, 0.25) is 5.89 Å². The molecule has 8 nitrogen and oxygen atoms in total. The van der Waals surface area contributed by atoms with Crippen molar-refractivity contribution in [1.82, 2.24) is 29.7 Å². The van der Waals surface area contributed by atoms with Crippen LogP contribution >= 0.6 is 0 Å². The monoisotopic (exact) mass is 346 g/mol. The van der Waals surface area contributed by atoms with Crippen molar-refractivity contribution in [3.05, 3.63) is 30.2 Å². The highest BCUT2D eigenvalue weighted by molar-refractivity contribution is 5.02. The summed E-state index contributed by atoms with van der Waals surface area (Å²) in [5.74, 6) is 2.09. The molecule has 2 atom stereocenters. The Bertz CT molecular complexity index is 668. The maximum atomic E-state index is 10.3. The van der Waals surface area contributed by atoms with Crippen LogP contribution in [-0.4, -0.2) is 73.7 Å². The fraction of sp³-hybridized carbons (Fsp3) is 0.706. The van der Waals surface area contributed by atoms with Crippen molar-refractivity contribution in [2.75, 3.05) is 26.7 Å². The first-order valence-electron chi connectivity index (χ1n) is 9.08. The molecule has 0 aromatic carbocycles. The highest BCUT2D eigenvalue weighted by Crippen LogP contribution is 2.38. The van der Waals surface area contributed by atoms with Gasteiger partial charge in [0, 0.05) is 37.4 Å². The molecule has 0 unspecified atom stereocenters. The lowest BCUT2D eigenvalue weighted by molar-refractivity contribution is 0.101. The van der Waals surface area contributed by atoms with Crippen molar-refractivity contribution in [3.8, 4) is 0 Å². The van der Waals surface area contributed by atoms with Gasteiger partial charge in [-0.05, 0) is 38.9 Å². The predicted molar refractivity (Wildman–Crippen MR) is 90.8 cm³/mol. The van der Waals surface area contributed by atoms with Crippen LogP contribution in [-0.2, 0) is 13.1 Å². The van der Waals surface area contributed by atoms with Gasteiger partial charge in [0.15, 0.2) is 5.82 Å². The largest absolute Gasteiger partial charge is 0.390 e. The van der Waals surface area contributed by atoms with E-state index in [0.29, 0.717) is 31.6 Å². The quantitative estimate of drug-likeness (QED) is 0.754. The smallest absolute Gasteiger partial charge is 0.229 e. The van der Waals surface area contributed by atoms with Gasteiger partial charge in [-0.25, -0.2) is 0 Å². The lowest BCUT2D eigenvalue weighted by Gasteiger charge is -2.24. The minimum absolute atomic E-state index is 0.401. The molecule has 25 heavy (non-hydrogen) atoms. The molecular weight excluding hydrogens is 320 g/mol. The molecule has 1 saturated carbocycles. The highest BCUT2D eigenvalue weighted by Gasteiger charge is 2.31. The molecule has 3 heterocycles. The second-order valence-corrected chi connectivity index (χ2v) is 7.32. The molecule has 2 aromatic rings. The van der Waals surface area contributed by atoms with Crippen molar-refractivity contribution in [1.29, 1.82) is 0 Å². The number of likely N-dealkylation sites (tertiary alicyclic amines) is 1. The summed E-state index contributed by atoms with van der Waals surface area (Å²) in [4.78, 5) is 9.12. The first kappa shape index (κ1) is 16.7. The second kappa shape index (κ2) is 7.23. The van der Waals surface area contributed by atoms with Gasteiger partial charge in [-0.15, -0.1) is 0 Å². The van der Waals surface area contributed by atoms with E-state index in [-0.39, 0.29) is 0 Å². The van der Waals surface area contributed by atoms with Crippen LogP contribution in [0.3, 0.4) is 0 Å². The van der Waals surface area contributed by atoms with Crippen molar-refractivity contribution >= 4 is 0 Å². The molecule has 2 fully saturated rings. The summed E-state index contributed by atoms with van der Waals surface area (Å²) in [6, 6.07) is 2.33. The first-order valence-corrected chi connectivity index (χ1v) is 9.08. The summed E-state index contributed by atoms with van der Waals surface area (Å²) in [6.45, 7) is 3.89. The standard InChI is InChI=1S/C17H26N6O2/c1-21(12-16-19-17(25-20-16)13-3-4-13)14-5-8-22(9-14)10-15(24)11-23-7-2-6-18-23/h2,6-7,13-15,24H,3-5,8-12H2,1H3/t14-,15+/m0/s1. The van der Waals surface area contributed by atoms with Crippen LogP contribution in [0, 0.1) is 0 Å². The van der Waals surface area contributed by atoms with Crippen LogP contribution in [0.5, 0.6) is 0 Å². The van der Waals surface area contributed by atoms with Gasteiger partial charge in [-0.2, -0.15) is 10.1 Å². The van der Waals surface area contributed by atoms with Crippen LogP contribution in [0.4, 0.5) is 0 Å². The van der Waals surface area contributed by atoms with Crippen molar-refractivity contribution < 1.29 is 9.63 Å². The molecule has 2 aromatic heterocycles. The molecule has 1 saturated heterocycles. The highest BCUT2D eigenvalue weighted by atomic mass is 16.5. The number of likely N-dealkylation sites (N-methyl/N-ethyl adjacent to an activating group) is 1. The Morgan fingerprint density at radius 2 is 2.24 bits per heavy atom. The zero-order valence-electron chi connectivity index (χ0n) is 14.7. The summed E-state index contributed by atoms with van der Waals surface area (Å²) < 4.78 is 7.11. The summed E-state index contributed by atoms with van der Waals surface area (Å²) in [5.41, 5.74) is 0. The van der Waals surface area contributed by atoms with Crippen molar-refractivity contribution in [2.24, 2.45) is 0 Å². The van der Waals surface area contributed by atoms with Crippen LogP contribution in [0.25, 0.3) is 0 Å². The molecule has 0 radical (unpaired) electrons. The first-order chi connectivity index (χ1) is 12.2. The van der Waals surface area contributed by atoms with E-state index in [1.54, 1.807) is 10.9 Å². The number of nitrogens with zero attached hydrogens (tertiary/aromatic N) is 6. The fourth-order valence-corrected chi connectivity index (χ4v) is 3.50. The Morgan fingerprint density at radius 3 is 3.00 bits per heavy atom. The topological polar surface area (TPSA) is 83.5 Å². The second-order valence-electron chi connectivity index (χ2n) is 7.32. The Morgan fingerprint density at radius 1 is 1.36 bits per heavy atom. The Kier molecular flexibility index (Phi) is 4.82. The molecule has 1 aliphatic heterocycles. The van der Waals surface area contributed by atoms with Gasteiger partial charge in [0.05, 0.1) is 19.2 Å². The maximum absolute atomic E-state index is 10.3. The molecule has 1 aliphatic carbocycles. The average Bonchev–Trinajstić information content (AvgIpc) is 3.00. The zero-order valence-corrected chi connectivity index (χ0v) is 14.7. The molecule has 4 rings (SSSR count). The SMILES string of the molecule is CN(Cc1noc(C2CC2)n1)[C@H]1CCN(C[C@@H](O)Cn2cccn2)C1. The van der Waals surface area contributed by atoms with E-state index in [1.165, 1.54) is 12.8 Å². The summed E-state index contributed by atoms with van der Waals surface area (Å²) in [6.07, 6.45) is 6.66. The Labute approximate surface area is 147 Å². The number of aliphatic hydroxyl groups excluding tert-OH is 1. The number of aromatic nitrogens is 4. The third-order valence-corrected chi connectivity index (χ3v) is 5.10.